The van der Waals surface area contributed by atoms with Crippen LogP contribution in [-0.2, 0) is 0 Å². The minimum atomic E-state index is -0.0758. The third kappa shape index (κ3) is 3.99. The second-order valence-corrected chi connectivity index (χ2v) is 3.72. The third-order valence-electron chi connectivity index (χ3n) is 2.35. The van der Waals surface area contributed by atoms with Crippen LogP contribution in [0.4, 0.5) is 5.95 Å². The van der Waals surface area contributed by atoms with Gasteiger partial charge >= 0.3 is 0 Å². The number of aromatic nitrogens is 2. The van der Waals surface area contributed by atoms with Crippen LogP contribution in [0.5, 0.6) is 0 Å². The largest absolute Gasteiger partial charge is 0.395 e. The Kier molecular flexibility index (Phi) is 5.35. The van der Waals surface area contributed by atoms with Crippen molar-refractivity contribution in [1.29, 1.82) is 5.41 Å². The quantitative estimate of drug-likeness (QED) is 0.469. The van der Waals surface area contributed by atoms with Crippen LogP contribution in [0.25, 0.3) is 0 Å². The second kappa shape index (κ2) is 6.80. The number of nitrogens with one attached hydrogen (secondary N) is 1. The molecule has 0 spiro atoms. The summed E-state index contributed by atoms with van der Waals surface area (Å²) in [7, 11) is 0. The average Bonchev–Trinajstić information content (AvgIpc) is 2.34. The molecule has 0 saturated heterocycles. The Labute approximate surface area is 101 Å². The summed E-state index contributed by atoms with van der Waals surface area (Å²) < 4.78 is 0. The number of aliphatic hydroxyl groups is 1. The summed E-state index contributed by atoms with van der Waals surface area (Å²) in [6.45, 7) is 3.43. The van der Waals surface area contributed by atoms with Gasteiger partial charge in [-0.15, -0.1) is 0 Å². The number of aliphatic hydroxyl groups excluding tert-OH is 1. The molecular weight excluding hydrogens is 218 g/mol. The lowest BCUT2D eigenvalue weighted by Gasteiger charge is -2.21. The van der Waals surface area contributed by atoms with Crippen molar-refractivity contribution in [2.75, 3.05) is 24.6 Å². The summed E-state index contributed by atoms with van der Waals surface area (Å²) in [5.41, 5.74) is 5.79. The number of hydrogen-bond donors (Lipinski definition) is 3. The molecule has 1 heterocycles. The van der Waals surface area contributed by atoms with E-state index >= 15 is 0 Å². The van der Waals surface area contributed by atoms with E-state index in [9.17, 15) is 0 Å². The molecule has 1 rings (SSSR count). The molecule has 1 aromatic rings. The molecule has 0 unspecified atom stereocenters. The summed E-state index contributed by atoms with van der Waals surface area (Å²) >= 11 is 0. The zero-order valence-electron chi connectivity index (χ0n) is 10.1. The molecule has 0 aliphatic rings. The average molecular weight is 237 g/mol. The van der Waals surface area contributed by atoms with Gasteiger partial charge in [0.2, 0.25) is 5.95 Å². The summed E-state index contributed by atoms with van der Waals surface area (Å²) in [5.74, 6) is 0.438. The van der Waals surface area contributed by atoms with E-state index in [0.29, 0.717) is 18.2 Å². The zero-order valence-corrected chi connectivity index (χ0v) is 10.1. The van der Waals surface area contributed by atoms with E-state index in [1.165, 1.54) is 0 Å². The fraction of sp³-hybridized carbons (Fsp3) is 0.545. The molecule has 4 N–H and O–H groups in total. The van der Waals surface area contributed by atoms with Crippen LogP contribution < -0.4 is 10.6 Å². The maximum absolute atomic E-state index is 9.01. The van der Waals surface area contributed by atoms with Crippen LogP contribution in [0.15, 0.2) is 12.3 Å². The Balaban J connectivity index is 2.84. The highest BCUT2D eigenvalue weighted by atomic mass is 16.3. The second-order valence-electron chi connectivity index (χ2n) is 3.72. The summed E-state index contributed by atoms with van der Waals surface area (Å²) in [5, 5.41) is 16.3. The Morgan fingerprint density at radius 1 is 1.53 bits per heavy atom. The Morgan fingerprint density at radius 3 is 2.88 bits per heavy atom. The maximum Gasteiger partial charge on any atom is 0.226 e. The molecule has 0 atom stereocenters. The molecule has 6 nitrogen and oxygen atoms in total. The molecular formula is C11H19N5O. The molecule has 0 amide bonds. The zero-order chi connectivity index (χ0) is 12.7. The predicted octanol–water partition coefficient (Wildman–Crippen LogP) is 0.359. The van der Waals surface area contributed by atoms with Crippen LogP contribution in [0.3, 0.4) is 0 Å². The van der Waals surface area contributed by atoms with Gasteiger partial charge in [-0.1, -0.05) is 13.3 Å². The molecule has 0 saturated carbocycles. The highest BCUT2D eigenvalue weighted by Crippen LogP contribution is 2.08. The van der Waals surface area contributed by atoms with Crippen molar-refractivity contribution < 1.29 is 5.11 Å². The number of amidine groups is 1. The highest BCUT2D eigenvalue weighted by Gasteiger charge is 2.09. The molecule has 0 radical (unpaired) electrons. The van der Waals surface area contributed by atoms with Crippen molar-refractivity contribution in [1.82, 2.24) is 9.97 Å². The van der Waals surface area contributed by atoms with Crippen molar-refractivity contribution >= 4 is 11.8 Å². The smallest absolute Gasteiger partial charge is 0.226 e. The van der Waals surface area contributed by atoms with E-state index in [0.717, 1.165) is 19.4 Å². The van der Waals surface area contributed by atoms with Gasteiger partial charge in [0.15, 0.2) is 0 Å². The molecule has 0 aromatic carbocycles. The van der Waals surface area contributed by atoms with E-state index < -0.39 is 0 Å². The molecule has 94 valence electrons. The number of nitrogen functional groups attached to an aromatic ring is 1. The molecule has 0 bridgehead atoms. The Morgan fingerprint density at radius 2 is 2.29 bits per heavy atom. The predicted molar refractivity (Wildman–Crippen MR) is 67.3 cm³/mol. The van der Waals surface area contributed by atoms with Crippen molar-refractivity contribution in [3.63, 3.8) is 0 Å². The molecule has 1 aromatic heterocycles. The molecule has 0 aliphatic carbocycles. The van der Waals surface area contributed by atoms with E-state index in [4.69, 9.17) is 16.2 Å². The van der Waals surface area contributed by atoms with Gasteiger partial charge in [0.1, 0.15) is 11.5 Å². The van der Waals surface area contributed by atoms with Crippen LogP contribution >= 0.6 is 0 Å². The van der Waals surface area contributed by atoms with E-state index in [2.05, 4.69) is 16.9 Å². The van der Waals surface area contributed by atoms with Crippen LogP contribution in [0.2, 0.25) is 0 Å². The maximum atomic E-state index is 9.01. The first-order valence-electron chi connectivity index (χ1n) is 5.72. The number of hydrogen-bond acceptors (Lipinski definition) is 5. The minimum Gasteiger partial charge on any atom is -0.395 e. The fourth-order valence-corrected chi connectivity index (χ4v) is 1.43. The minimum absolute atomic E-state index is 0.0529. The summed E-state index contributed by atoms with van der Waals surface area (Å²) in [6, 6.07) is 1.60. The topological polar surface area (TPSA) is 99.1 Å². The highest BCUT2D eigenvalue weighted by molar-refractivity contribution is 5.93. The van der Waals surface area contributed by atoms with Gasteiger partial charge in [0.05, 0.1) is 6.61 Å². The normalized spacial score (nSPS) is 10.2. The van der Waals surface area contributed by atoms with Crippen LogP contribution in [0.1, 0.15) is 25.5 Å². The fourth-order valence-electron chi connectivity index (χ4n) is 1.43. The lowest BCUT2D eigenvalue weighted by atomic mass is 10.3. The Bertz CT molecular complexity index is 369. The number of anilines is 1. The first-order chi connectivity index (χ1) is 8.19. The number of unbranched alkanes of at least 4 members (excludes halogenated alkanes) is 1. The summed E-state index contributed by atoms with van der Waals surface area (Å²) in [6.07, 6.45) is 3.65. The lowest BCUT2D eigenvalue weighted by molar-refractivity contribution is 0.301. The third-order valence-corrected chi connectivity index (χ3v) is 2.35. The van der Waals surface area contributed by atoms with Gasteiger partial charge in [-0.05, 0) is 12.5 Å². The van der Waals surface area contributed by atoms with E-state index in [-0.39, 0.29) is 12.4 Å². The van der Waals surface area contributed by atoms with E-state index in [1.807, 2.05) is 4.90 Å². The van der Waals surface area contributed by atoms with Crippen LogP contribution in [0, 0.1) is 5.41 Å². The first-order valence-corrected chi connectivity index (χ1v) is 5.72. The van der Waals surface area contributed by atoms with Gasteiger partial charge in [-0.25, -0.2) is 9.97 Å². The van der Waals surface area contributed by atoms with Gasteiger partial charge in [-0.2, -0.15) is 0 Å². The molecule has 0 fully saturated rings. The van der Waals surface area contributed by atoms with Gasteiger partial charge in [0, 0.05) is 19.3 Å². The van der Waals surface area contributed by atoms with Crippen LogP contribution in [-0.4, -0.2) is 40.6 Å². The monoisotopic (exact) mass is 237 g/mol. The molecule has 17 heavy (non-hydrogen) atoms. The van der Waals surface area contributed by atoms with Gasteiger partial charge in [-0.3, -0.25) is 5.41 Å². The van der Waals surface area contributed by atoms with E-state index in [1.54, 1.807) is 12.3 Å². The van der Waals surface area contributed by atoms with Crippen molar-refractivity contribution in [3.8, 4) is 0 Å². The van der Waals surface area contributed by atoms with Crippen molar-refractivity contribution in [2.45, 2.75) is 19.8 Å². The number of rotatable bonds is 7. The molecule has 0 aliphatic heterocycles. The lowest BCUT2D eigenvalue weighted by Crippen LogP contribution is -2.30. The number of nitrogens with zero attached hydrogens (tertiary/aromatic N) is 3. The van der Waals surface area contributed by atoms with Crippen molar-refractivity contribution in [2.24, 2.45) is 5.73 Å². The first kappa shape index (κ1) is 13.4. The Hall–Kier alpha value is -1.69. The molecule has 6 heteroatoms. The standard InChI is InChI=1S/C11H19N5O/c1-2-3-6-16(7-8-17)11-14-5-4-9(15-11)10(12)13/h4-5,17H,2-3,6-8H2,1H3,(H3,12,13). The van der Waals surface area contributed by atoms with Crippen molar-refractivity contribution in [3.05, 3.63) is 18.0 Å². The number of nitrogens with two attached hydrogens (primary N) is 1. The summed E-state index contributed by atoms with van der Waals surface area (Å²) in [4.78, 5) is 10.2. The SMILES string of the molecule is CCCCN(CCO)c1nccc(C(=N)N)n1. The van der Waals surface area contributed by atoms with Gasteiger partial charge < -0.3 is 15.7 Å². The van der Waals surface area contributed by atoms with Gasteiger partial charge in [0.25, 0.3) is 0 Å².